The normalized spacial score (nSPS) is 12.3. The second-order valence-corrected chi connectivity index (χ2v) is 5.26. The average Bonchev–Trinajstić information content (AvgIpc) is 2.81. The van der Waals surface area contributed by atoms with E-state index in [1.807, 2.05) is 6.07 Å². The number of nitrogens with zero attached hydrogens (tertiary/aromatic N) is 1. The first-order valence-corrected chi connectivity index (χ1v) is 6.94. The minimum absolute atomic E-state index is 0.0841. The molecule has 1 unspecified atom stereocenters. The average molecular weight is 267 g/mol. The third-order valence-corrected chi connectivity index (χ3v) is 3.73. The van der Waals surface area contributed by atoms with Crippen LogP contribution in [0.15, 0.2) is 12.1 Å². The molecule has 0 saturated heterocycles. The van der Waals surface area contributed by atoms with Gasteiger partial charge in [0.15, 0.2) is 0 Å². The van der Waals surface area contributed by atoms with Crippen LogP contribution in [0.1, 0.15) is 23.6 Å². The van der Waals surface area contributed by atoms with Crippen molar-refractivity contribution in [2.45, 2.75) is 26.4 Å². The Hall–Kier alpha value is -0.860. The van der Waals surface area contributed by atoms with Crippen LogP contribution in [0.4, 0.5) is 0 Å². The zero-order valence-corrected chi connectivity index (χ0v) is 12.1. The van der Waals surface area contributed by atoms with Crippen molar-refractivity contribution in [3.05, 3.63) is 21.9 Å². The Bertz CT molecular complexity index is 405. The summed E-state index contributed by atoms with van der Waals surface area (Å²) in [6, 6.07) is 4.53. The molecule has 0 radical (unpaired) electrons. The predicted octanol–water partition coefficient (Wildman–Crippen LogP) is 1.95. The van der Waals surface area contributed by atoms with Crippen molar-refractivity contribution in [1.29, 1.82) is 0 Å². The number of aliphatic hydroxyl groups is 1. The van der Waals surface area contributed by atoms with Crippen molar-refractivity contribution in [3.63, 3.8) is 0 Å². The van der Waals surface area contributed by atoms with Crippen LogP contribution in [0.5, 0.6) is 0 Å². The van der Waals surface area contributed by atoms with Crippen LogP contribution in [0.3, 0.4) is 0 Å². The molecule has 1 aromatic rings. The molecule has 3 nitrogen and oxygen atoms in total. The minimum atomic E-state index is -0.0841. The highest BCUT2D eigenvalue weighted by Gasteiger charge is 2.13. The summed E-state index contributed by atoms with van der Waals surface area (Å²) in [4.78, 5) is 4.68. The molecule has 0 aromatic carbocycles. The van der Waals surface area contributed by atoms with Crippen LogP contribution in [-0.4, -0.2) is 42.9 Å². The number of aliphatic hydroxyl groups excluding tert-OH is 1. The molecule has 0 bridgehead atoms. The van der Waals surface area contributed by atoms with Gasteiger partial charge in [0.1, 0.15) is 6.61 Å². The molecule has 0 amide bonds. The molecule has 0 aliphatic rings. The van der Waals surface area contributed by atoms with Gasteiger partial charge in [0.2, 0.25) is 0 Å². The molecule has 100 valence electrons. The number of methoxy groups -OCH3 is 1. The summed E-state index contributed by atoms with van der Waals surface area (Å²) in [5.74, 6) is 5.61. The van der Waals surface area contributed by atoms with Gasteiger partial charge >= 0.3 is 0 Å². The minimum Gasteiger partial charge on any atom is -0.384 e. The molecular formula is C14H21NO2S. The third kappa shape index (κ3) is 4.79. The maximum Gasteiger partial charge on any atom is 0.104 e. The summed E-state index contributed by atoms with van der Waals surface area (Å²) >= 11 is 1.68. The molecule has 1 heterocycles. The fourth-order valence-electron chi connectivity index (χ4n) is 1.78. The van der Waals surface area contributed by atoms with E-state index in [4.69, 9.17) is 9.84 Å². The standard InChI is InChI=1S/C14H21NO2S/c1-4-15(12(2)11-17-3)10-14-8-7-13(18-14)6-5-9-16/h7-8,12,16H,4,9-11H2,1-3H3. The molecule has 1 rings (SSSR count). The third-order valence-electron chi connectivity index (χ3n) is 2.75. The maximum atomic E-state index is 8.66. The molecule has 0 spiro atoms. The highest BCUT2D eigenvalue weighted by atomic mass is 32.1. The van der Waals surface area contributed by atoms with Gasteiger partial charge in [0, 0.05) is 24.6 Å². The summed E-state index contributed by atoms with van der Waals surface area (Å²) in [7, 11) is 1.73. The van der Waals surface area contributed by atoms with Crippen LogP contribution in [0.2, 0.25) is 0 Å². The lowest BCUT2D eigenvalue weighted by Crippen LogP contribution is -2.35. The Morgan fingerprint density at radius 2 is 2.28 bits per heavy atom. The molecular weight excluding hydrogens is 246 g/mol. The smallest absolute Gasteiger partial charge is 0.104 e. The Kier molecular flexibility index (Phi) is 6.99. The van der Waals surface area contributed by atoms with Crippen LogP contribution in [0, 0.1) is 11.8 Å². The van der Waals surface area contributed by atoms with E-state index in [1.165, 1.54) is 4.88 Å². The molecule has 18 heavy (non-hydrogen) atoms. The number of thiophene rings is 1. The second kappa shape index (κ2) is 8.28. The number of ether oxygens (including phenoxy) is 1. The van der Waals surface area contributed by atoms with Crippen molar-refractivity contribution in [2.24, 2.45) is 0 Å². The van der Waals surface area contributed by atoms with E-state index < -0.39 is 0 Å². The van der Waals surface area contributed by atoms with Crippen LogP contribution in [-0.2, 0) is 11.3 Å². The molecule has 0 aliphatic carbocycles. The molecule has 0 fully saturated rings. The Balaban J connectivity index is 2.61. The summed E-state index contributed by atoms with van der Waals surface area (Å²) in [6.07, 6.45) is 0. The lowest BCUT2D eigenvalue weighted by Gasteiger charge is -2.26. The molecule has 1 N–H and O–H groups in total. The van der Waals surface area contributed by atoms with Crippen molar-refractivity contribution in [2.75, 3.05) is 26.9 Å². The quantitative estimate of drug-likeness (QED) is 0.800. The van der Waals surface area contributed by atoms with E-state index in [9.17, 15) is 0 Å². The first-order chi connectivity index (χ1) is 8.71. The molecule has 1 atom stereocenters. The van der Waals surface area contributed by atoms with Gasteiger partial charge in [0.05, 0.1) is 11.5 Å². The van der Waals surface area contributed by atoms with Gasteiger partial charge < -0.3 is 9.84 Å². The zero-order chi connectivity index (χ0) is 13.4. The number of rotatable bonds is 6. The fourth-order valence-corrected chi connectivity index (χ4v) is 2.69. The summed E-state index contributed by atoms with van der Waals surface area (Å²) in [5.41, 5.74) is 0. The highest BCUT2D eigenvalue weighted by molar-refractivity contribution is 7.12. The largest absolute Gasteiger partial charge is 0.384 e. The topological polar surface area (TPSA) is 32.7 Å². The van der Waals surface area contributed by atoms with Gasteiger partial charge in [-0.25, -0.2) is 0 Å². The Labute approximate surface area is 113 Å². The van der Waals surface area contributed by atoms with Crippen molar-refractivity contribution < 1.29 is 9.84 Å². The van der Waals surface area contributed by atoms with Crippen LogP contribution >= 0.6 is 11.3 Å². The van der Waals surface area contributed by atoms with Crippen LogP contribution in [0.25, 0.3) is 0 Å². The zero-order valence-electron chi connectivity index (χ0n) is 11.3. The number of likely N-dealkylation sites (N-methyl/N-ethyl adjacent to an activating group) is 1. The van der Waals surface area contributed by atoms with Crippen molar-refractivity contribution in [3.8, 4) is 11.8 Å². The molecule has 0 saturated carbocycles. The Morgan fingerprint density at radius 1 is 1.50 bits per heavy atom. The van der Waals surface area contributed by atoms with Gasteiger partial charge in [-0.3, -0.25) is 4.90 Å². The van der Waals surface area contributed by atoms with E-state index in [0.717, 1.165) is 24.6 Å². The first-order valence-electron chi connectivity index (χ1n) is 6.12. The summed E-state index contributed by atoms with van der Waals surface area (Å²) in [6.45, 7) is 6.92. The number of hydrogen-bond donors (Lipinski definition) is 1. The van der Waals surface area contributed by atoms with Gasteiger partial charge in [-0.15, -0.1) is 11.3 Å². The maximum absolute atomic E-state index is 8.66. The van der Waals surface area contributed by atoms with E-state index in [-0.39, 0.29) is 6.61 Å². The van der Waals surface area contributed by atoms with Gasteiger partial charge in [0.25, 0.3) is 0 Å². The number of hydrogen-bond acceptors (Lipinski definition) is 4. The lowest BCUT2D eigenvalue weighted by atomic mass is 10.3. The van der Waals surface area contributed by atoms with Crippen molar-refractivity contribution in [1.82, 2.24) is 4.90 Å². The fraction of sp³-hybridized carbons (Fsp3) is 0.571. The summed E-state index contributed by atoms with van der Waals surface area (Å²) in [5, 5.41) is 8.66. The molecule has 4 heteroatoms. The van der Waals surface area contributed by atoms with E-state index in [1.54, 1.807) is 18.4 Å². The summed E-state index contributed by atoms with van der Waals surface area (Å²) < 4.78 is 5.19. The molecule has 0 aliphatic heterocycles. The van der Waals surface area contributed by atoms with Crippen LogP contribution < -0.4 is 0 Å². The first kappa shape index (κ1) is 15.2. The second-order valence-electron chi connectivity index (χ2n) is 4.09. The van der Waals surface area contributed by atoms with E-state index in [2.05, 4.69) is 36.7 Å². The van der Waals surface area contributed by atoms with Gasteiger partial charge in [-0.2, -0.15) is 0 Å². The SMILES string of the molecule is CCN(Cc1ccc(C#CCO)s1)C(C)COC. The Morgan fingerprint density at radius 3 is 2.89 bits per heavy atom. The highest BCUT2D eigenvalue weighted by Crippen LogP contribution is 2.18. The van der Waals surface area contributed by atoms with Gasteiger partial charge in [-0.05, 0) is 25.6 Å². The lowest BCUT2D eigenvalue weighted by molar-refractivity contribution is 0.0988. The molecule has 1 aromatic heterocycles. The predicted molar refractivity (Wildman–Crippen MR) is 75.7 cm³/mol. The van der Waals surface area contributed by atoms with E-state index >= 15 is 0 Å². The van der Waals surface area contributed by atoms with Gasteiger partial charge in [-0.1, -0.05) is 18.8 Å². The van der Waals surface area contributed by atoms with E-state index in [0.29, 0.717) is 6.04 Å². The van der Waals surface area contributed by atoms with Crippen molar-refractivity contribution >= 4 is 11.3 Å². The monoisotopic (exact) mass is 267 g/mol.